The largest absolute Gasteiger partial charge is 0.595 e. The van der Waals surface area contributed by atoms with Crippen LogP contribution in [0.1, 0.15) is 27.2 Å². The minimum atomic E-state index is -1.77. The highest BCUT2D eigenvalue weighted by Gasteiger charge is 2.52. The van der Waals surface area contributed by atoms with Crippen molar-refractivity contribution in [2.45, 2.75) is 67.8 Å². The molecule has 33 heavy (non-hydrogen) atoms. The minimum absolute atomic E-state index is 0.138. The van der Waals surface area contributed by atoms with Gasteiger partial charge in [0.1, 0.15) is 40.6 Å². The lowest BCUT2D eigenvalue weighted by Gasteiger charge is -2.45. The summed E-state index contributed by atoms with van der Waals surface area (Å²) >= 11 is -0.404. The molecule has 2 bridgehead atoms. The molecule has 0 amide bonds. The van der Waals surface area contributed by atoms with Crippen molar-refractivity contribution in [2.75, 3.05) is 38.6 Å². The van der Waals surface area contributed by atoms with E-state index in [0.717, 1.165) is 24.1 Å². The van der Waals surface area contributed by atoms with E-state index in [1.807, 2.05) is 6.08 Å². The fraction of sp³-hybridized carbons (Fsp3) is 0.857. The van der Waals surface area contributed by atoms with Crippen LogP contribution in [0.25, 0.3) is 0 Å². The van der Waals surface area contributed by atoms with Gasteiger partial charge in [-0.05, 0) is 33.1 Å². The number of morpholine rings is 1. The zero-order valence-corrected chi connectivity index (χ0v) is 21.0. The van der Waals surface area contributed by atoms with E-state index < -0.39 is 52.0 Å². The predicted octanol–water partition coefficient (Wildman–Crippen LogP) is -0.344. The Hall–Kier alpha value is -0.410. The van der Waals surface area contributed by atoms with Crippen molar-refractivity contribution in [3.63, 3.8) is 0 Å². The van der Waals surface area contributed by atoms with E-state index in [1.165, 1.54) is 11.8 Å². The summed E-state index contributed by atoms with van der Waals surface area (Å²) in [5.74, 6) is 0.789. The number of carbonyl (C=O) groups is 1. The van der Waals surface area contributed by atoms with Gasteiger partial charge in [0.15, 0.2) is 0 Å². The van der Waals surface area contributed by atoms with Crippen molar-refractivity contribution in [1.82, 2.24) is 9.37 Å². The number of thioether (sulfide) groups is 1. The van der Waals surface area contributed by atoms with Crippen LogP contribution in [0.15, 0.2) is 12.2 Å². The lowest BCUT2D eigenvalue weighted by atomic mass is 9.93. The summed E-state index contributed by atoms with van der Waals surface area (Å²) in [6.07, 6.45) is -0.970. The molecular weight excluding hydrogens is 472 g/mol. The Balaban J connectivity index is 1.89. The van der Waals surface area contributed by atoms with Crippen molar-refractivity contribution in [2.24, 2.45) is 5.92 Å². The minimum Gasteiger partial charge on any atom is -0.595 e. The van der Waals surface area contributed by atoms with Crippen molar-refractivity contribution in [3.8, 4) is 0 Å². The molecule has 0 spiro atoms. The molecule has 0 radical (unpaired) electrons. The summed E-state index contributed by atoms with van der Waals surface area (Å²) in [7, 11) is 0. The number of rotatable bonds is 6. The third-order valence-corrected chi connectivity index (χ3v) is 9.02. The summed E-state index contributed by atoms with van der Waals surface area (Å²) in [5, 5.41) is 31.8. The normalized spacial score (nSPS) is 38.5. The number of ether oxygens (including phenoxy) is 2. The summed E-state index contributed by atoms with van der Waals surface area (Å²) in [6.45, 7) is 9.31. The fourth-order valence-corrected chi connectivity index (χ4v) is 6.46. The molecule has 3 rings (SSSR count). The van der Waals surface area contributed by atoms with Crippen LogP contribution in [0.4, 0.5) is 0 Å². The van der Waals surface area contributed by atoms with Crippen LogP contribution in [-0.2, 0) is 30.5 Å². The van der Waals surface area contributed by atoms with Gasteiger partial charge in [-0.25, -0.2) is 0 Å². The molecule has 1 unspecified atom stereocenters. The fourth-order valence-electron chi connectivity index (χ4n) is 4.14. The number of fused-ring (bicyclic) bond motifs is 2. The number of nitrogens with zero attached hydrogens (tertiary/aromatic N) is 2. The van der Waals surface area contributed by atoms with Crippen molar-refractivity contribution < 1.29 is 39.0 Å². The van der Waals surface area contributed by atoms with Gasteiger partial charge in [0.2, 0.25) is 0 Å². The molecule has 2 fully saturated rings. The Morgan fingerprint density at radius 1 is 1.24 bits per heavy atom. The van der Waals surface area contributed by atoms with Crippen LogP contribution >= 0.6 is 11.8 Å². The summed E-state index contributed by atoms with van der Waals surface area (Å²) < 4.78 is 25.0. The second-order valence-corrected chi connectivity index (χ2v) is 12.7. The lowest BCUT2D eigenvalue weighted by Crippen LogP contribution is -2.64. The highest BCUT2D eigenvalue weighted by Crippen LogP contribution is 2.36. The average Bonchev–Trinajstić information content (AvgIpc) is 2.78. The van der Waals surface area contributed by atoms with Crippen LogP contribution in [0, 0.1) is 5.92 Å². The molecule has 3 N–H and O–H groups in total. The van der Waals surface area contributed by atoms with Crippen LogP contribution in [0.2, 0.25) is 0 Å². The second-order valence-electron chi connectivity index (χ2n) is 9.53. The van der Waals surface area contributed by atoms with E-state index in [-0.39, 0.29) is 18.8 Å². The van der Waals surface area contributed by atoms with E-state index in [2.05, 4.69) is 11.0 Å². The maximum Gasteiger partial charge on any atom is 0.318 e. The molecule has 0 aromatic rings. The monoisotopic (exact) mass is 508 g/mol. The maximum absolute atomic E-state index is 13.2. The Kier molecular flexibility index (Phi) is 9.90. The quantitative estimate of drug-likeness (QED) is 0.188. The molecular formula is C21H36N2O8S2. The third-order valence-electron chi connectivity index (χ3n) is 5.95. The third kappa shape index (κ3) is 6.84. The van der Waals surface area contributed by atoms with E-state index in [9.17, 15) is 24.7 Å². The van der Waals surface area contributed by atoms with Crippen LogP contribution in [0.5, 0.6) is 0 Å². The van der Waals surface area contributed by atoms with Crippen LogP contribution in [-0.4, -0.2) is 115 Å². The topological polar surface area (TPSA) is 135 Å². The van der Waals surface area contributed by atoms with E-state index in [0.29, 0.717) is 19.0 Å². The molecule has 0 aromatic heterocycles. The maximum atomic E-state index is 13.2. The van der Waals surface area contributed by atoms with Gasteiger partial charge < -0.3 is 34.2 Å². The molecule has 0 aliphatic carbocycles. The summed E-state index contributed by atoms with van der Waals surface area (Å²) in [4.78, 5) is 18.7. The van der Waals surface area contributed by atoms with Crippen LogP contribution < -0.4 is 0 Å². The second kappa shape index (κ2) is 12.0. The van der Waals surface area contributed by atoms with Crippen molar-refractivity contribution in [3.05, 3.63) is 12.2 Å². The molecule has 190 valence electrons. The van der Waals surface area contributed by atoms with Gasteiger partial charge in [-0.2, -0.15) is 0 Å². The predicted molar refractivity (Wildman–Crippen MR) is 124 cm³/mol. The van der Waals surface area contributed by atoms with Gasteiger partial charge in [-0.1, -0.05) is 12.2 Å². The number of aliphatic hydroxyl groups is 3. The van der Waals surface area contributed by atoms with E-state index in [4.69, 9.17) is 14.3 Å². The molecule has 2 saturated heterocycles. The Morgan fingerprint density at radius 3 is 2.58 bits per heavy atom. The Bertz CT molecular complexity index is 661. The molecule has 0 aromatic carbocycles. The molecule has 3 aliphatic heterocycles. The first-order valence-electron chi connectivity index (χ1n) is 11.2. The van der Waals surface area contributed by atoms with Gasteiger partial charge >= 0.3 is 6.47 Å². The number of hydroxylamine groups is 1. The SMILES string of the molecule is CC(C)(C)[S+]([O-])N(OC=O)[C@@H]1C/C=C/[C@H](CN2CCOCC2)CS[C@H]2O[C@H]1[C@H](O)[C@H](O)[C@H]2O. The van der Waals surface area contributed by atoms with Gasteiger partial charge in [0.05, 0.1) is 29.0 Å². The lowest BCUT2D eigenvalue weighted by molar-refractivity contribution is -0.229. The highest BCUT2D eigenvalue weighted by molar-refractivity contribution is 7.99. The molecule has 0 saturated carbocycles. The van der Waals surface area contributed by atoms with Gasteiger partial charge in [-0.15, -0.1) is 11.8 Å². The Morgan fingerprint density at radius 2 is 1.94 bits per heavy atom. The van der Waals surface area contributed by atoms with E-state index >= 15 is 0 Å². The number of aliphatic hydroxyl groups excluding tert-OH is 3. The summed E-state index contributed by atoms with van der Waals surface area (Å²) in [6, 6.07) is -0.839. The molecule has 3 heterocycles. The van der Waals surface area contributed by atoms with Gasteiger partial charge in [0.25, 0.3) is 0 Å². The molecule has 10 nitrogen and oxygen atoms in total. The zero-order valence-electron chi connectivity index (χ0n) is 19.3. The van der Waals surface area contributed by atoms with Crippen molar-refractivity contribution >= 4 is 29.6 Å². The molecule has 8 atom stereocenters. The first-order chi connectivity index (χ1) is 15.6. The Labute approximate surface area is 202 Å². The van der Waals surface area contributed by atoms with Gasteiger partial charge in [0, 0.05) is 25.4 Å². The number of carbonyl (C=O) groups excluding carboxylic acids is 1. The highest BCUT2D eigenvalue weighted by atomic mass is 32.2. The number of hydrogen-bond donors (Lipinski definition) is 3. The first-order valence-corrected chi connectivity index (χ1v) is 13.4. The zero-order chi connectivity index (χ0) is 24.2. The first kappa shape index (κ1) is 27.2. The molecule has 3 aliphatic rings. The van der Waals surface area contributed by atoms with Crippen molar-refractivity contribution in [1.29, 1.82) is 0 Å². The average molecular weight is 509 g/mol. The molecule has 12 heteroatoms. The van der Waals surface area contributed by atoms with Gasteiger partial charge in [-0.3, -0.25) is 9.69 Å². The van der Waals surface area contributed by atoms with E-state index in [1.54, 1.807) is 20.8 Å². The summed E-state index contributed by atoms with van der Waals surface area (Å²) in [5.41, 5.74) is -0.796. The standard InChI is InChI=1S/C21H36N2O8S2/c1-21(2,3)33(28)23(30-13-24)15-6-4-5-14(11-22-7-9-29-10-8-22)12-32-20-18(27)16(25)17(26)19(15)31-20/h4-5,13-20,25-27H,6-12H2,1-3H3/b5-4+/t14-,15-,16+,17-,18-,19-,20-,33?/m1/s1. The number of hydrogen-bond acceptors (Lipinski definition) is 11. The smallest absolute Gasteiger partial charge is 0.318 e. The van der Waals surface area contributed by atoms with Crippen LogP contribution in [0.3, 0.4) is 0 Å².